The smallest absolute Gasteiger partial charge is 0.410 e. The van der Waals surface area contributed by atoms with Crippen molar-refractivity contribution in [2.45, 2.75) is 65.0 Å². The lowest BCUT2D eigenvalue weighted by Gasteiger charge is -2.33. The van der Waals surface area contributed by atoms with Gasteiger partial charge >= 0.3 is 12.1 Å². The molecule has 1 aromatic heterocycles. The van der Waals surface area contributed by atoms with Gasteiger partial charge in [-0.05, 0) is 63.2 Å². The molecule has 1 aliphatic carbocycles. The lowest BCUT2D eigenvalue weighted by atomic mass is 9.85. The van der Waals surface area contributed by atoms with E-state index < -0.39 is 0 Å². The van der Waals surface area contributed by atoms with Crippen LogP contribution in [0.2, 0.25) is 0 Å². The van der Waals surface area contributed by atoms with E-state index in [4.69, 9.17) is 21.7 Å². The first-order chi connectivity index (χ1) is 15.0. The zero-order chi connectivity index (χ0) is 22.0. The molecule has 2 unspecified atom stereocenters. The van der Waals surface area contributed by atoms with Crippen LogP contribution in [-0.2, 0) is 22.4 Å². The van der Waals surface area contributed by atoms with Gasteiger partial charge in [0.05, 0.1) is 25.3 Å². The van der Waals surface area contributed by atoms with Crippen LogP contribution in [0.1, 0.15) is 66.8 Å². The van der Waals surface area contributed by atoms with Crippen LogP contribution >= 0.6 is 23.6 Å². The van der Waals surface area contributed by atoms with Gasteiger partial charge in [0.2, 0.25) is 0 Å². The predicted octanol–water partition coefficient (Wildman–Crippen LogP) is 4.40. The summed E-state index contributed by atoms with van der Waals surface area (Å²) in [7, 11) is 0. The number of esters is 1. The van der Waals surface area contributed by atoms with Gasteiger partial charge in [0.25, 0.3) is 0 Å². The van der Waals surface area contributed by atoms with Crippen LogP contribution in [0.3, 0.4) is 0 Å². The van der Waals surface area contributed by atoms with E-state index in [9.17, 15) is 9.59 Å². The number of anilines is 1. The maximum absolute atomic E-state index is 12.8. The highest BCUT2D eigenvalue weighted by Crippen LogP contribution is 2.40. The van der Waals surface area contributed by atoms with Gasteiger partial charge in [-0.1, -0.05) is 12.8 Å². The number of hydrogen-bond acceptors (Lipinski definition) is 6. The van der Waals surface area contributed by atoms with Crippen molar-refractivity contribution in [1.29, 1.82) is 0 Å². The zero-order valence-corrected chi connectivity index (χ0v) is 19.9. The molecule has 0 radical (unpaired) electrons. The van der Waals surface area contributed by atoms with Crippen LogP contribution in [0.25, 0.3) is 0 Å². The van der Waals surface area contributed by atoms with Gasteiger partial charge in [0, 0.05) is 24.0 Å². The van der Waals surface area contributed by atoms with Crippen LogP contribution in [0.4, 0.5) is 9.80 Å². The fraction of sp³-hybridized carbons (Fsp3) is 0.682. The molecule has 3 heterocycles. The number of fused-ring (bicyclic) bond motifs is 2. The van der Waals surface area contributed by atoms with E-state index in [0.717, 1.165) is 27.9 Å². The van der Waals surface area contributed by atoms with Crippen molar-refractivity contribution < 1.29 is 19.1 Å². The number of likely N-dealkylation sites (tertiary alicyclic amines) is 1. The molecule has 7 nitrogen and oxygen atoms in total. The van der Waals surface area contributed by atoms with E-state index in [1.165, 1.54) is 43.4 Å². The van der Waals surface area contributed by atoms with Crippen molar-refractivity contribution >= 4 is 45.7 Å². The number of rotatable bonds is 4. The second-order valence-corrected chi connectivity index (χ2v) is 9.81. The number of carbonyl (C=O) groups is 2. The van der Waals surface area contributed by atoms with Crippen LogP contribution in [0.15, 0.2) is 0 Å². The number of nitrogens with zero attached hydrogens (tertiary/aromatic N) is 2. The van der Waals surface area contributed by atoms with Crippen molar-refractivity contribution in [1.82, 2.24) is 9.80 Å². The second kappa shape index (κ2) is 9.73. The Kier molecular flexibility index (Phi) is 7.01. The molecule has 3 aliphatic rings. The normalized spacial score (nSPS) is 22.5. The van der Waals surface area contributed by atoms with Crippen molar-refractivity contribution in [3.8, 4) is 0 Å². The monoisotopic (exact) mass is 465 g/mol. The molecule has 0 bridgehead atoms. The predicted molar refractivity (Wildman–Crippen MR) is 125 cm³/mol. The summed E-state index contributed by atoms with van der Waals surface area (Å²) in [5.74, 6) is 0.402. The van der Waals surface area contributed by atoms with E-state index in [0.29, 0.717) is 49.4 Å². The largest absolute Gasteiger partial charge is 0.462 e. The lowest BCUT2D eigenvalue weighted by Crippen LogP contribution is -2.41. The van der Waals surface area contributed by atoms with Crippen LogP contribution in [-0.4, -0.2) is 59.3 Å². The number of ether oxygens (including phenoxy) is 2. The third-order valence-corrected chi connectivity index (χ3v) is 8.02. The summed E-state index contributed by atoms with van der Waals surface area (Å²) in [5, 5.41) is 4.82. The lowest BCUT2D eigenvalue weighted by molar-refractivity contribution is 0.0526. The van der Waals surface area contributed by atoms with Crippen molar-refractivity contribution in [3.05, 3.63) is 16.0 Å². The maximum atomic E-state index is 12.8. The summed E-state index contributed by atoms with van der Waals surface area (Å²) in [6, 6.07) is 0.508. The molecule has 170 valence electrons. The molecule has 4 rings (SSSR count). The summed E-state index contributed by atoms with van der Waals surface area (Å²) in [6.45, 7) is 6.21. The van der Waals surface area contributed by atoms with Gasteiger partial charge in [-0.25, -0.2) is 9.59 Å². The topological polar surface area (TPSA) is 71.1 Å². The zero-order valence-electron chi connectivity index (χ0n) is 18.3. The van der Waals surface area contributed by atoms with Gasteiger partial charge in [0.15, 0.2) is 5.11 Å². The molecule has 2 aliphatic heterocycles. The fourth-order valence-electron chi connectivity index (χ4n) is 5.11. The Bertz CT molecular complexity index is 856. The Labute approximate surface area is 193 Å². The molecule has 2 atom stereocenters. The average Bonchev–Trinajstić information content (AvgIpc) is 3.34. The van der Waals surface area contributed by atoms with E-state index in [-0.39, 0.29) is 12.1 Å². The third kappa shape index (κ3) is 4.53. The van der Waals surface area contributed by atoms with E-state index in [2.05, 4.69) is 10.2 Å². The number of amides is 1. The molecular formula is C22H31N3O4S2. The minimum absolute atomic E-state index is 0.315. The van der Waals surface area contributed by atoms with E-state index in [1.807, 2.05) is 6.92 Å². The number of hydrogen-bond donors (Lipinski definition) is 1. The molecule has 1 aromatic rings. The fourth-order valence-corrected chi connectivity index (χ4v) is 6.75. The summed E-state index contributed by atoms with van der Waals surface area (Å²) >= 11 is 7.30. The molecule has 2 fully saturated rings. The first-order valence-electron chi connectivity index (χ1n) is 11.3. The third-order valence-electron chi connectivity index (χ3n) is 6.55. The molecule has 1 saturated heterocycles. The molecule has 1 saturated carbocycles. The summed E-state index contributed by atoms with van der Waals surface area (Å²) in [5.41, 5.74) is 1.54. The molecule has 9 heteroatoms. The van der Waals surface area contributed by atoms with Gasteiger partial charge in [-0.15, -0.1) is 11.3 Å². The standard InChI is InChI=1S/C22H31N3O4S2/c1-3-28-20(26)18-15-10-11-24(22(27)29-4-2)13-17(15)31-19(18)23-21(30)25-12-9-14-7-5-6-8-16(14)25/h14,16H,3-13H2,1-2H3,(H,23,30). The van der Waals surface area contributed by atoms with Crippen molar-refractivity contribution in [2.24, 2.45) is 5.92 Å². The minimum Gasteiger partial charge on any atom is -0.462 e. The minimum atomic E-state index is -0.327. The summed E-state index contributed by atoms with van der Waals surface area (Å²) in [4.78, 5) is 30.0. The van der Waals surface area contributed by atoms with Crippen molar-refractivity contribution in [2.75, 3.05) is 31.6 Å². The second-order valence-electron chi connectivity index (χ2n) is 8.32. The number of thiophene rings is 1. The van der Waals surface area contributed by atoms with E-state index in [1.54, 1.807) is 11.8 Å². The highest BCUT2D eigenvalue weighted by atomic mass is 32.1. The molecule has 1 amide bonds. The molecule has 0 spiro atoms. The average molecular weight is 466 g/mol. The van der Waals surface area contributed by atoms with Crippen LogP contribution in [0.5, 0.6) is 0 Å². The van der Waals surface area contributed by atoms with Gasteiger partial charge < -0.3 is 24.6 Å². The maximum Gasteiger partial charge on any atom is 0.410 e. The first kappa shape index (κ1) is 22.3. The molecule has 31 heavy (non-hydrogen) atoms. The SMILES string of the molecule is CCOC(=O)c1c(NC(=S)N2CCC3CCCCC32)sc2c1CCN(C(=O)OCC)C2. The Balaban J connectivity index is 1.56. The molecule has 0 aromatic carbocycles. The van der Waals surface area contributed by atoms with Gasteiger partial charge in [0.1, 0.15) is 5.00 Å². The Morgan fingerprint density at radius 3 is 2.68 bits per heavy atom. The van der Waals surface area contributed by atoms with Gasteiger partial charge in [-0.2, -0.15) is 0 Å². The van der Waals surface area contributed by atoms with Crippen LogP contribution < -0.4 is 5.32 Å². The molecular weight excluding hydrogens is 434 g/mol. The molecule has 1 N–H and O–H groups in total. The Morgan fingerprint density at radius 1 is 1.13 bits per heavy atom. The summed E-state index contributed by atoms with van der Waals surface area (Å²) in [6.07, 6.45) is 6.52. The highest BCUT2D eigenvalue weighted by molar-refractivity contribution is 7.80. The number of thiocarbonyl (C=S) groups is 1. The van der Waals surface area contributed by atoms with Crippen molar-refractivity contribution in [3.63, 3.8) is 0 Å². The Hall–Kier alpha value is -1.87. The Morgan fingerprint density at radius 2 is 1.90 bits per heavy atom. The highest BCUT2D eigenvalue weighted by Gasteiger charge is 2.38. The summed E-state index contributed by atoms with van der Waals surface area (Å²) < 4.78 is 10.5. The van der Waals surface area contributed by atoms with Crippen LogP contribution in [0, 0.1) is 5.92 Å². The number of nitrogens with one attached hydrogen (secondary N) is 1. The van der Waals surface area contributed by atoms with E-state index >= 15 is 0 Å². The first-order valence-corrected chi connectivity index (χ1v) is 12.6. The number of carbonyl (C=O) groups excluding carboxylic acids is 2. The van der Waals surface area contributed by atoms with Gasteiger partial charge in [-0.3, -0.25) is 0 Å². The quantitative estimate of drug-likeness (QED) is 0.522.